The fourth-order valence-corrected chi connectivity index (χ4v) is 2.38. The summed E-state index contributed by atoms with van der Waals surface area (Å²) in [6, 6.07) is 15.4. The van der Waals surface area contributed by atoms with Crippen LogP contribution in [-0.2, 0) is 0 Å². The number of rotatable bonds is 0. The summed E-state index contributed by atoms with van der Waals surface area (Å²) in [5.74, 6) is 0.583. The van der Waals surface area contributed by atoms with E-state index in [2.05, 4.69) is 9.97 Å². The summed E-state index contributed by atoms with van der Waals surface area (Å²) in [5, 5.41) is 0.674. The van der Waals surface area contributed by atoms with Crippen molar-refractivity contribution in [3.63, 3.8) is 0 Å². The summed E-state index contributed by atoms with van der Waals surface area (Å²) in [7, 11) is 0. The van der Waals surface area contributed by atoms with E-state index >= 15 is 0 Å². The highest BCUT2D eigenvalue weighted by Crippen LogP contribution is 2.19. The van der Waals surface area contributed by atoms with Gasteiger partial charge in [0.25, 0.3) is 5.56 Å². The number of hydrogen-bond donors (Lipinski definition) is 1. The SMILES string of the molecule is CC.O=c1[nH]c2nc3ccccc3n2c2ccccc12. The summed E-state index contributed by atoms with van der Waals surface area (Å²) in [5.41, 5.74) is 2.66. The molecule has 0 radical (unpaired) electrons. The summed E-state index contributed by atoms with van der Waals surface area (Å²) >= 11 is 0. The topological polar surface area (TPSA) is 50.2 Å². The van der Waals surface area contributed by atoms with E-state index in [1.54, 1.807) is 0 Å². The van der Waals surface area contributed by atoms with Crippen molar-refractivity contribution in [3.8, 4) is 0 Å². The van der Waals surface area contributed by atoms with Crippen LogP contribution >= 0.6 is 0 Å². The normalized spacial score (nSPS) is 10.7. The van der Waals surface area contributed by atoms with Gasteiger partial charge in [0, 0.05) is 0 Å². The Balaban J connectivity index is 0.000000581. The number of nitrogens with one attached hydrogen (secondary N) is 1. The minimum atomic E-state index is -0.103. The number of imidazole rings is 1. The number of fused-ring (bicyclic) bond motifs is 5. The maximum atomic E-state index is 12.0. The maximum Gasteiger partial charge on any atom is 0.260 e. The Bertz CT molecular complexity index is 950. The second kappa shape index (κ2) is 4.81. The third-order valence-corrected chi connectivity index (χ3v) is 3.18. The van der Waals surface area contributed by atoms with E-state index in [1.807, 2.05) is 66.8 Å². The van der Waals surface area contributed by atoms with Crippen LogP contribution in [0.3, 0.4) is 0 Å². The van der Waals surface area contributed by atoms with Crippen LogP contribution in [0.5, 0.6) is 0 Å². The Kier molecular flexibility index (Phi) is 2.99. The molecule has 0 fully saturated rings. The van der Waals surface area contributed by atoms with E-state index < -0.39 is 0 Å². The zero-order valence-corrected chi connectivity index (χ0v) is 11.4. The van der Waals surface area contributed by atoms with Gasteiger partial charge in [-0.2, -0.15) is 0 Å². The lowest BCUT2D eigenvalue weighted by Gasteiger charge is -2.01. The molecule has 4 nitrogen and oxygen atoms in total. The van der Waals surface area contributed by atoms with Crippen LogP contribution in [0.4, 0.5) is 0 Å². The summed E-state index contributed by atoms with van der Waals surface area (Å²) in [4.78, 5) is 19.2. The molecule has 4 rings (SSSR count). The highest BCUT2D eigenvalue weighted by atomic mass is 16.1. The summed E-state index contributed by atoms with van der Waals surface area (Å²) in [6.45, 7) is 4.00. The van der Waals surface area contributed by atoms with Gasteiger partial charge in [-0.1, -0.05) is 38.1 Å². The Labute approximate surface area is 115 Å². The van der Waals surface area contributed by atoms with Gasteiger partial charge in [-0.05, 0) is 24.3 Å². The second-order valence-corrected chi connectivity index (χ2v) is 4.23. The molecule has 0 aliphatic rings. The van der Waals surface area contributed by atoms with Crippen molar-refractivity contribution in [2.45, 2.75) is 13.8 Å². The number of nitrogens with zero attached hydrogens (tertiary/aromatic N) is 2. The van der Waals surface area contributed by atoms with Crippen LogP contribution in [0.1, 0.15) is 13.8 Å². The molecule has 2 aromatic carbocycles. The van der Waals surface area contributed by atoms with E-state index in [0.717, 1.165) is 16.6 Å². The number of hydrogen-bond acceptors (Lipinski definition) is 2. The first-order chi connectivity index (χ1) is 9.84. The molecule has 2 heterocycles. The van der Waals surface area contributed by atoms with Gasteiger partial charge in [0.2, 0.25) is 5.78 Å². The molecule has 0 aliphatic heterocycles. The van der Waals surface area contributed by atoms with Crippen LogP contribution in [0, 0.1) is 0 Å². The molecule has 0 saturated heterocycles. The van der Waals surface area contributed by atoms with Crippen LogP contribution in [0.15, 0.2) is 53.3 Å². The van der Waals surface area contributed by atoms with Gasteiger partial charge in [-0.25, -0.2) is 4.98 Å². The van der Waals surface area contributed by atoms with E-state index in [1.165, 1.54) is 0 Å². The fraction of sp³-hybridized carbons (Fsp3) is 0.125. The van der Waals surface area contributed by atoms with Crippen molar-refractivity contribution >= 4 is 27.7 Å². The first-order valence-corrected chi connectivity index (χ1v) is 6.73. The second-order valence-electron chi connectivity index (χ2n) is 4.23. The van der Waals surface area contributed by atoms with Gasteiger partial charge in [0.1, 0.15) is 0 Å². The van der Waals surface area contributed by atoms with Crippen LogP contribution in [0.2, 0.25) is 0 Å². The molecule has 1 N–H and O–H groups in total. The van der Waals surface area contributed by atoms with Crippen molar-refractivity contribution in [1.82, 2.24) is 14.4 Å². The first kappa shape index (κ1) is 12.4. The zero-order valence-electron chi connectivity index (χ0n) is 11.4. The molecule has 0 amide bonds. The maximum absolute atomic E-state index is 12.0. The van der Waals surface area contributed by atoms with Crippen molar-refractivity contribution in [2.75, 3.05) is 0 Å². The minimum Gasteiger partial charge on any atom is -0.291 e. The number of benzene rings is 2. The van der Waals surface area contributed by atoms with E-state index in [-0.39, 0.29) is 5.56 Å². The minimum absolute atomic E-state index is 0.103. The molecule has 100 valence electrons. The fourth-order valence-electron chi connectivity index (χ4n) is 2.38. The molecule has 4 aromatic rings. The highest BCUT2D eigenvalue weighted by molar-refractivity contribution is 5.88. The van der Waals surface area contributed by atoms with E-state index in [0.29, 0.717) is 11.2 Å². The van der Waals surface area contributed by atoms with Gasteiger partial charge >= 0.3 is 0 Å². The average Bonchev–Trinajstić information content (AvgIpc) is 2.88. The molecule has 0 atom stereocenters. The summed E-state index contributed by atoms with van der Waals surface area (Å²) < 4.78 is 1.98. The van der Waals surface area contributed by atoms with Gasteiger partial charge in [0.15, 0.2) is 0 Å². The number of para-hydroxylation sites is 3. The van der Waals surface area contributed by atoms with Crippen LogP contribution in [-0.4, -0.2) is 14.4 Å². The monoisotopic (exact) mass is 265 g/mol. The molecule has 0 bridgehead atoms. The molecule has 0 aliphatic carbocycles. The summed E-state index contributed by atoms with van der Waals surface area (Å²) in [6.07, 6.45) is 0. The number of aromatic nitrogens is 3. The molecule has 0 saturated carbocycles. The molecule has 0 spiro atoms. The van der Waals surface area contributed by atoms with Gasteiger partial charge in [0.05, 0.1) is 21.9 Å². The first-order valence-electron chi connectivity index (χ1n) is 6.73. The Morgan fingerprint density at radius 2 is 1.60 bits per heavy atom. The van der Waals surface area contributed by atoms with Crippen molar-refractivity contribution in [3.05, 3.63) is 58.9 Å². The van der Waals surface area contributed by atoms with Crippen molar-refractivity contribution < 1.29 is 0 Å². The zero-order chi connectivity index (χ0) is 14.1. The Morgan fingerprint density at radius 3 is 2.40 bits per heavy atom. The number of H-pyrrole nitrogens is 1. The van der Waals surface area contributed by atoms with Crippen LogP contribution < -0.4 is 5.56 Å². The van der Waals surface area contributed by atoms with Gasteiger partial charge in [-0.3, -0.25) is 14.2 Å². The molecule has 2 aromatic heterocycles. The molecular formula is C16H15N3O. The number of aromatic amines is 1. The smallest absolute Gasteiger partial charge is 0.260 e. The standard InChI is InChI=1S/C14H9N3O.C2H6/c18-13-9-5-1-3-7-11(9)17-12-8-4-2-6-10(12)15-14(17)16-13;1-2/h1-8H,(H,15,16,18);1-2H3. The molecule has 0 unspecified atom stereocenters. The molecule has 20 heavy (non-hydrogen) atoms. The Morgan fingerprint density at radius 1 is 0.950 bits per heavy atom. The van der Waals surface area contributed by atoms with Gasteiger partial charge < -0.3 is 0 Å². The molecular weight excluding hydrogens is 250 g/mol. The Hall–Kier alpha value is -2.62. The predicted octanol–water partition coefficient (Wildman–Crippen LogP) is 3.36. The molecule has 4 heteroatoms. The lowest BCUT2D eigenvalue weighted by molar-refractivity contribution is 1.16. The third kappa shape index (κ3) is 1.69. The third-order valence-electron chi connectivity index (χ3n) is 3.18. The quantitative estimate of drug-likeness (QED) is 0.530. The highest BCUT2D eigenvalue weighted by Gasteiger charge is 2.09. The lowest BCUT2D eigenvalue weighted by Crippen LogP contribution is -2.09. The van der Waals surface area contributed by atoms with Crippen molar-refractivity contribution in [1.29, 1.82) is 0 Å². The lowest BCUT2D eigenvalue weighted by atomic mass is 10.2. The van der Waals surface area contributed by atoms with Gasteiger partial charge in [-0.15, -0.1) is 0 Å². The largest absolute Gasteiger partial charge is 0.291 e. The predicted molar refractivity (Wildman–Crippen MR) is 82.2 cm³/mol. The van der Waals surface area contributed by atoms with E-state index in [9.17, 15) is 4.79 Å². The average molecular weight is 265 g/mol. The van der Waals surface area contributed by atoms with E-state index in [4.69, 9.17) is 0 Å². The van der Waals surface area contributed by atoms with Crippen LogP contribution in [0.25, 0.3) is 27.7 Å². The van der Waals surface area contributed by atoms with Crippen molar-refractivity contribution in [2.24, 2.45) is 0 Å².